The van der Waals surface area contributed by atoms with Crippen LogP contribution in [0.1, 0.15) is 11.1 Å². The van der Waals surface area contributed by atoms with Crippen molar-refractivity contribution in [3.63, 3.8) is 0 Å². The van der Waals surface area contributed by atoms with Gasteiger partial charge in [-0.15, -0.1) is 0 Å². The smallest absolute Gasteiger partial charge is 0.415 e. The number of carboxylic acid groups (broad SMARTS) is 1. The van der Waals surface area contributed by atoms with Gasteiger partial charge in [-0.1, -0.05) is 11.6 Å². The highest BCUT2D eigenvalue weighted by Crippen LogP contribution is 2.42. The first-order chi connectivity index (χ1) is 18.7. The third-order valence-electron chi connectivity index (χ3n) is 6.77. The summed E-state index contributed by atoms with van der Waals surface area (Å²) in [5, 5.41) is 13.8. The Labute approximate surface area is 226 Å². The van der Waals surface area contributed by atoms with Crippen molar-refractivity contribution in [3.05, 3.63) is 64.7 Å². The number of aromatic nitrogens is 2. The monoisotopic (exact) mass is 549 g/mol. The van der Waals surface area contributed by atoms with E-state index < -0.39 is 18.0 Å². The Morgan fingerprint density at radius 2 is 2.00 bits per heavy atom. The minimum absolute atomic E-state index is 0.108. The maximum atomic E-state index is 15.5. The van der Waals surface area contributed by atoms with Gasteiger partial charge in [0.2, 0.25) is 5.88 Å². The Morgan fingerprint density at radius 3 is 2.79 bits per heavy atom. The Morgan fingerprint density at radius 1 is 1.18 bits per heavy atom. The van der Waals surface area contributed by atoms with Crippen molar-refractivity contribution in [2.45, 2.75) is 13.5 Å². The van der Waals surface area contributed by atoms with E-state index in [9.17, 15) is 14.7 Å². The van der Waals surface area contributed by atoms with Gasteiger partial charge in [0.15, 0.2) is 0 Å². The Kier molecular flexibility index (Phi) is 5.87. The lowest BCUT2D eigenvalue weighted by atomic mass is 9.97. The molecule has 0 fully saturated rings. The summed E-state index contributed by atoms with van der Waals surface area (Å²) >= 11 is 6.44. The summed E-state index contributed by atoms with van der Waals surface area (Å²) in [7, 11) is 1.66. The van der Waals surface area contributed by atoms with Crippen molar-refractivity contribution in [2.24, 2.45) is 0 Å². The van der Waals surface area contributed by atoms with Gasteiger partial charge in [0.25, 0.3) is 0 Å². The Hall–Kier alpha value is -4.64. The highest BCUT2D eigenvalue weighted by Gasteiger charge is 2.29. The number of hydrogen-bond donors (Lipinski definition) is 2. The molecule has 0 bridgehead atoms. The van der Waals surface area contributed by atoms with Crippen molar-refractivity contribution in [3.8, 4) is 22.8 Å². The molecule has 198 valence electrons. The van der Waals surface area contributed by atoms with Gasteiger partial charge in [0, 0.05) is 47.2 Å². The zero-order valence-corrected chi connectivity index (χ0v) is 21.5. The van der Waals surface area contributed by atoms with Gasteiger partial charge in [-0.3, -0.25) is 4.90 Å². The number of pyridine rings is 2. The van der Waals surface area contributed by atoms with E-state index in [1.54, 1.807) is 38.2 Å². The van der Waals surface area contributed by atoms with E-state index >= 15 is 4.39 Å². The molecule has 0 saturated carbocycles. The van der Waals surface area contributed by atoms with Crippen molar-refractivity contribution < 1.29 is 28.6 Å². The second kappa shape index (κ2) is 9.28. The van der Waals surface area contributed by atoms with Crippen LogP contribution in [0.5, 0.6) is 11.6 Å². The summed E-state index contributed by atoms with van der Waals surface area (Å²) in [6.45, 7) is 2.42. The molecule has 2 aliphatic heterocycles. The molecule has 2 aliphatic rings. The van der Waals surface area contributed by atoms with E-state index in [0.717, 1.165) is 16.2 Å². The number of carbonyl (C=O) groups excluding carboxylic acids is 1. The summed E-state index contributed by atoms with van der Waals surface area (Å²) < 4.78 is 26.4. The molecule has 0 spiro atoms. The standard InChI is InChI=1S/C27H21ClFN5O5/c1-13-18(10-31-25-24(13)34(26(35)36)5-6-38-25)17-8-14-9-21(30-11-19(14)22(28)23(17)29)32-16-3-4-20-15(7-16)12-33(2)27(37)39-20/h3-4,7-11H,5-6,12H2,1-2H3,(H,30,32)(H,35,36). The van der Waals surface area contributed by atoms with E-state index in [2.05, 4.69) is 15.3 Å². The molecular formula is C27H21ClFN5O5. The van der Waals surface area contributed by atoms with Gasteiger partial charge in [-0.2, -0.15) is 0 Å². The maximum Gasteiger partial charge on any atom is 0.415 e. The largest absolute Gasteiger partial charge is 0.474 e. The quantitative estimate of drug-likeness (QED) is 0.321. The van der Waals surface area contributed by atoms with Gasteiger partial charge in [-0.05, 0) is 48.2 Å². The van der Waals surface area contributed by atoms with E-state index in [4.69, 9.17) is 21.1 Å². The van der Waals surface area contributed by atoms with Crippen molar-refractivity contribution in [2.75, 3.05) is 30.4 Å². The van der Waals surface area contributed by atoms with Crippen LogP contribution in [0.15, 0.2) is 42.7 Å². The molecule has 4 aromatic rings. The first kappa shape index (κ1) is 24.7. The lowest BCUT2D eigenvalue weighted by Gasteiger charge is -2.28. The third kappa shape index (κ3) is 4.20. The fraction of sp³-hybridized carbons (Fsp3) is 0.185. The SMILES string of the molecule is Cc1c(-c2cc3cc(Nc4ccc5c(c4)CN(C)C(=O)O5)ncc3c(Cl)c2F)cnc2c1N(C(=O)O)CCO2. The highest BCUT2D eigenvalue weighted by molar-refractivity contribution is 6.36. The Bertz CT molecular complexity index is 1700. The number of ether oxygens (including phenoxy) is 2. The number of halogens is 2. The zero-order valence-electron chi connectivity index (χ0n) is 20.8. The number of nitrogens with zero attached hydrogens (tertiary/aromatic N) is 4. The van der Waals surface area contributed by atoms with Crippen LogP contribution in [0, 0.1) is 12.7 Å². The minimum atomic E-state index is -1.15. The van der Waals surface area contributed by atoms with E-state index in [1.807, 2.05) is 6.07 Å². The number of fused-ring (bicyclic) bond motifs is 3. The predicted octanol–water partition coefficient (Wildman–Crippen LogP) is 5.96. The van der Waals surface area contributed by atoms with Gasteiger partial charge in [-0.25, -0.2) is 23.9 Å². The maximum absolute atomic E-state index is 15.5. The molecule has 0 unspecified atom stereocenters. The van der Waals surface area contributed by atoms with Crippen LogP contribution in [0.25, 0.3) is 21.9 Å². The number of benzene rings is 2. The molecule has 39 heavy (non-hydrogen) atoms. The van der Waals surface area contributed by atoms with Crippen LogP contribution in [0.2, 0.25) is 5.02 Å². The van der Waals surface area contributed by atoms with Crippen LogP contribution in [0.4, 0.5) is 31.2 Å². The number of anilines is 3. The molecule has 0 atom stereocenters. The number of nitrogens with one attached hydrogen (secondary N) is 1. The number of hydrogen-bond acceptors (Lipinski definition) is 7. The topological polar surface area (TPSA) is 117 Å². The molecule has 12 heteroatoms. The molecule has 0 radical (unpaired) electrons. The van der Waals surface area contributed by atoms with Gasteiger partial charge >= 0.3 is 12.2 Å². The molecule has 2 N–H and O–H groups in total. The second-order valence-corrected chi connectivity index (χ2v) is 9.63. The van der Waals surface area contributed by atoms with Crippen LogP contribution in [-0.2, 0) is 6.54 Å². The first-order valence-corrected chi connectivity index (χ1v) is 12.3. The van der Waals surface area contributed by atoms with Crippen molar-refractivity contribution >= 4 is 51.8 Å². The van der Waals surface area contributed by atoms with Crippen LogP contribution in [0.3, 0.4) is 0 Å². The number of amides is 2. The summed E-state index contributed by atoms with van der Waals surface area (Å²) in [6, 6.07) is 8.72. The third-order valence-corrected chi connectivity index (χ3v) is 7.14. The fourth-order valence-electron chi connectivity index (χ4n) is 4.81. The summed E-state index contributed by atoms with van der Waals surface area (Å²) in [6.07, 6.45) is 1.38. The Balaban J connectivity index is 1.39. The molecule has 4 heterocycles. The minimum Gasteiger partial charge on any atom is -0.474 e. The molecule has 2 aromatic carbocycles. The lowest BCUT2D eigenvalue weighted by Crippen LogP contribution is -2.37. The van der Waals surface area contributed by atoms with Gasteiger partial charge in [0.1, 0.15) is 29.7 Å². The zero-order chi connectivity index (χ0) is 27.4. The number of carbonyl (C=O) groups is 2. The average Bonchev–Trinajstić information content (AvgIpc) is 2.91. The predicted molar refractivity (Wildman–Crippen MR) is 143 cm³/mol. The molecule has 0 saturated heterocycles. The molecule has 2 aromatic heterocycles. The normalized spacial score (nSPS) is 14.4. The fourth-order valence-corrected chi connectivity index (χ4v) is 5.07. The number of rotatable bonds is 3. The second-order valence-electron chi connectivity index (χ2n) is 9.25. The summed E-state index contributed by atoms with van der Waals surface area (Å²) in [4.78, 5) is 34.9. The van der Waals surface area contributed by atoms with Crippen LogP contribution in [-0.4, -0.2) is 52.4 Å². The van der Waals surface area contributed by atoms with E-state index in [0.29, 0.717) is 40.0 Å². The summed E-state index contributed by atoms with van der Waals surface area (Å²) in [5.74, 6) is 0.508. The lowest BCUT2D eigenvalue weighted by molar-refractivity contribution is 0.150. The first-order valence-electron chi connectivity index (χ1n) is 11.9. The molecule has 2 amide bonds. The van der Waals surface area contributed by atoms with Crippen molar-refractivity contribution in [1.82, 2.24) is 14.9 Å². The molecule has 6 rings (SSSR count). The average molecular weight is 550 g/mol. The van der Waals surface area contributed by atoms with Crippen LogP contribution < -0.4 is 19.7 Å². The van der Waals surface area contributed by atoms with Gasteiger partial charge < -0.3 is 24.8 Å². The van der Waals surface area contributed by atoms with Crippen LogP contribution >= 0.6 is 11.6 Å². The summed E-state index contributed by atoms with van der Waals surface area (Å²) in [5.41, 5.74) is 2.92. The van der Waals surface area contributed by atoms with E-state index in [1.165, 1.54) is 17.3 Å². The molecule has 0 aliphatic carbocycles. The van der Waals surface area contributed by atoms with E-state index in [-0.39, 0.29) is 35.3 Å². The highest BCUT2D eigenvalue weighted by atomic mass is 35.5. The van der Waals surface area contributed by atoms with Gasteiger partial charge in [0.05, 0.1) is 18.1 Å². The molecule has 10 nitrogen and oxygen atoms in total. The molecular weight excluding hydrogens is 529 g/mol. The van der Waals surface area contributed by atoms with Crippen molar-refractivity contribution in [1.29, 1.82) is 0 Å².